The van der Waals surface area contributed by atoms with E-state index in [0.717, 1.165) is 11.6 Å². The van der Waals surface area contributed by atoms with Crippen molar-refractivity contribution in [1.29, 1.82) is 0 Å². The second-order valence-corrected chi connectivity index (χ2v) is 6.02. The summed E-state index contributed by atoms with van der Waals surface area (Å²) in [6, 6.07) is 9.27. The average Bonchev–Trinajstić information content (AvgIpc) is 3.01. The average molecular weight is 343 g/mol. The van der Waals surface area contributed by atoms with Crippen molar-refractivity contribution in [3.63, 3.8) is 0 Å². The summed E-state index contributed by atoms with van der Waals surface area (Å²) in [6.45, 7) is 0. The fraction of sp³-hybridized carbons (Fsp3) is 0.222. The zero-order chi connectivity index (χ0) is 17.4. The van der Waals surface area contributed by atoms with Crippen LogP contribution in [0, 0.1) is 11.6 Å². The molecule has 128 valence electrons. The molecule has 5 nitrogen and oxygen atoms in total. The van der Waals surface area contributed by atoms with Gasteiger partial charge in [0.15, 0.2) is 11.6 Å². The van der Waals surface area contributed by atoms with Gasteiger partial charge in [-0.25, -0.2) is 8.91 Å². The topological polar surface area (TPSA) is 55.6 Å². The maximum atomic E-state index is 13.6. The van der Waals surface area contributed by atoms with E-state index in [9.17, 15) is 13.6 Å². The van der Waals surface area contributed by atoms with Crippen molar-refractivity contribution in [3.05, 3.63) is 66.0 Å². The smallest absolute Gasteiger partial charge is 0.255 e. The molecule has 0 radical (unpaired) electrons. The highest BCUT2D eigenvalue weighted by atomic mass is 19.2. The minimum absolute atomic E-state index is 0.0622. The maximum absolute atomic E-state index is 13.6. The number of benzene rings is 1. The lowest BCUT2D eigenvalue weighted by molar-refractivity contribution is 0.0678. The summed E-state index contributed by atoms with van der Waals surface area (Å²) in [6.07, 6.45) is 4.14. The van der Waals surface area contributed by atoms with Crippen LogP contribution >= 0.6 is 0 Å². The number of pyridine rings is 1. The highest BCUT2D eigenvalue weighted by Gasteiger charge is 2.33. The Morgan fingerprint density at radius 1 is 1.20 bits per heavy atom. The van der Waals surface area contributed by atoms with E-state index in [1.165, 1.54) is 18.3 Å². The van der Waals surface area contributed by atoms with Crippen LogP contribution in [0.3, 0.4) is 0 Å². The number of ether oxygens (including phenoxy) is 1. The molecule has 1 fully saturated rings. The van der Waals surface area contributed by atoms with E-state index < -0.39 is 11.6 Å². The summed E-state index contributed by atoms with van der Waals surface area (Å²) in [5.41, 5.74) is 1.23. The molecule has 2 heterocycles. The van der Waals surface area contributed by atoms with Gasteiger partial charge in [-0.05, 0) is 24.3 Å². The first-order valence-electron chi connectivity index (χ1n) is 7.95. The zero-order valence-electron chi connectivity index (χ0n) is 13.2. The zero-order valence-corrected chi connectivity index (χ0v) is 13.2. The Kier molecular flexibility index (Phi) is 3.83. The van der Waals surface area contributed by atoms with Crippen LogP contribution < -0.4 is 10.1 Å². The normalized spacial score (nSPS) is 19.4. The molecule has 2 aromatic heterocycles. The quantitative estimate of drug-likeness (QED) is 0.792. The highest BCUT2D eigenvalue weighted by molar-refractivity contribution is 6.00. The Bertz CT molecular complexity index is 935. The third-order valence-corrected chi connectivity index (χ3v) is 4.31. The van der Waals surface area contributed by atoms with Gasteiger partial charge < -0.3 is 10.1 Å². The molecule has 1 N–H and O–H groups in total. The van der Waals surface area contributed by atoms with Gasteiger partial charge in [0, 0.05) is 25.1 Å². The first-order valence-corrected chi connectivity index (χ1v) is 7.95. The molecule has 0 saturated heterocycles. The first kappa shape index (κ1) is 15.6. The maximum Gasteiger partial charge on any atom is 0.255 e. The molecule has 1 aliphatic carbocycles. The van der Waals surface area contributed by atoms with Crippen LogP contribution in [-0.2, 0) is 0 Å². The highest BCUT2D eigenvalue weighted by Crippen LogP contribution is 2.28. The SMILES string of the molecule is O=C(N[C@H]1C[C@H](Oc2cccc(F)c2F)C1)c1cnn2ccccc12. The molecule has 1 saturated carbocycles. The number of hydrogen-bond donors (Lipinski definition) is 1. The summed E-state index contributed by atoms with van der Waals surface area (Å²) < 4.78 is 33.8. The number of aromatic nitrogens is 2. The van der Waals surface area contributed by atoms with Crippen molar-refractivity contribution in [2.75, 3.05) is 0 Å². The molecule has 1 amide bonds. The van der Waals surface area contributed by atoms with Gasteiger partial charge in [-0.15, -0.1) is 0 Å². The number of amides is 1. The summed E-state index contributed by atoms with van der Waals surface area (Å²) in [4.78, 5) is 12.4. The molecule has 3 aromatic rings. The van der Waals surface area contributed by atoms with Crippen molar-refractivity contribution >= 4 is 11.4 Å². The molecule has 4 rings (SSSR count). The van der Waals surface area contributed by atoms with E-state index in [1.54, 1.807) is 10.7 Å². The summed E-state index contributed by atoms with van der Waals surface area (Å²) in [5, 5.41) is 7.05. The first-order chi connectivity index (χ1) is 12.1. The third kappa shape index (κ3) is 2.93. The van der Waals surface area contributed by atoms with E-state index in [0.29, 0.717) is 18.4 Å². The van der Waals surface area contributed by atoms with Gasteiger partial charge in [0.25, 0.3) is 5.91 Å². The number of halogens is 2. The minimum atomic E-state index is -0.985. The molecule has 25 heavy (non-hydrogen) atoms. The van der Waals surface area contributed by atoms with Crippen LogP contribution in [0.2, 0.25) is 0 Å². The van der Waals surface area contributed by atoms with Gasteiger partial charge in [-0.1, -0.05) is 12.1 Å². The van der Waals surface area contributed by atoms with Crippen molar-refractivity contribution in [2.24, 2.45) is 0 Å². The van der Waals surface area contributed by atoms with Crippen molar-refractivity contribution < 1.29 is 18.3 Å². The van der Waals surface area contributed by atoms with Crippen LogP contribution in [0.1, 0.15) is 23.2 Å². The largest absolute Gasteiger partial charge is 0.487 e. The standard InChI is InChI=1S/C18H15F2N3O2/c19-14-4-3-6-16(17(14)20)25-12-8-11(9-12)22-18(24)13-10-21-23-7-2-1-5-15(13)23/h1-7,10-12H,8-9H2,(H,22,24)/t11-,12-. The number of rotatable bonds is 4. The molecule has 0 spiro atoms. The third-order valence-electron chi connectivity index (χ3n) is 4.31. The predicted molar refractivity (Wildman–Crippen MR) is 86.5 cm³/mol. The van der Waals surface area contributed by atoms with Crippen molar-refractivity contribution in [2.45, 2.75) is 25.0 Å². The second-order valence-electron chi connectivity index (χ2n) is 6.02. The molecular formula is C18H15F2N3O2. The van der Waals surface area contributed by atoms with Gasteiger partial charge in [0.05, 0.1) is 17.3 Å². The lowest BCUT2D eigenvalue weighted by Crippen LogP contribution is -2.49. The Balaban J connectivity index is 1.35. The van der Waals surface area contributed by atoms with Crippen LogP contribution in [0.4, 0.5) is 8.78 Å². The van der Waals surface area contributed by atoms with Gasteiger partial charge >= 0.3 is 0 Å². The Morgan fingerprint density at radius 2 is 2.04 bits per heavy atom. The van der Waals surface area contributed by atoms with Gasteiger partial charge in [-0.3, -0.25) is 4.79 Å². The van der Waals surface area contributed by atoms with Gasteiger partial charge in [0.1, 0.15) is 6.10 Å². The van der Waals surface area contributed by atoms with Gasteiger partial charge in [-0.2, -0.15) is 9.49 Å². The monoisotopic (exact) mass is 343 g/mol. The van der Waals surface area contributed by atoms with Crippen molar-refractivity contribution in [1.82, 2.24) is 14.9 Å². The molecule has 0 unspecified atom stereocenters. The molecule has 1 aromatic carbocycles. The Hall–Kier alpha value is -2.96. The van der Waals surface area contributed by atoms with Crippen LogP contribution in [0.15, 0.2) is 48.8 Å². The van der Waals surface area contributed by atoms with Gasteiger partial charge in [0.2, 0.25) is 5.82 Å². The van der Waals surface area contributed by atoms with Crippen molar-refractivity contribution in [3.8, 4) is 5.75 Å². The molecule has 0 bridgehead atoms. The summed E-state index contributed by atoms with van der Waals surface area (Å²) in [7, 11) is 0. The summed E-state index contributed by atoms with van der Waals surface area (Å²) in [5.74, 6) is -2.23. The number of carbonyl (C=O) groups excluding carboxylic acids is 1. The number of nitrogens with zero attached hydrogens (tertiary/aromatic N) is 2. The Labute approximate surface area is 142 Å². The number of carbonyl (C=O) groups is 1. The fourth-order valence-electron chi connectivity index (χ4n) is 2.91. The number of fused-ring (bicyclic) bond motifs is 1. The predicted octanol–water partition coefficient (Wildman–Crippen LogP) is 2.95. The van der Waals surface area contributed by atoms with E-state index >= 15 is 0 Å². The molecular weight excluding hydrogens is 328 g/mol. The fourth-order valence-corrected chi connectivity index (χ4v) is 2.91. The Morgan fingerprint density at radius 3 is 2.88 bits per heavy atom. The lowest BCUT2D eigenvalue weighted by atomic mass is 9.89. The van der Waals surface area contributed by atoms with E-state index in [2.05, 4.69) is 10.4 Å². The minimum Gasteiger partial charge on any atom is -0.487 e. The lowest BCUT2D eigenvalue weighted by Gasteiger charge is -2.35. The molecule has 0 aliphatic heterocycles. The number of nitrogens with one attached hydrogen (secondary N) is 1. The van der Waals surface area contributed by atoms with Crippen LogP contribution in [0.25, 0.3) is 5.52 Å². The van der Waals surface area contributed by atoms with Crippen LogP contribution in [0.5, 0.6) is 5.75 Å². The van der Waals surface area contributed by atoms with E-state index in [1.807, 2.05) is 18.2 Å². The molecule has 1 aliphatic rings. The summed E-state index contributed by atoms with van der Waals surface area (Å²) >= 11 is 0. The molecule has 0 atom stereocenters. The van der Waals surface area contributed by atoms with Crippen LogP contribution in [-0.4, -0.2) is 27.7 Å². The second kappa shape index (κ2) is 6.16. The molecule has 7 heteroatoms. The van der Waals surface area contributed by atoms with E-state index in [4.69, 9.17) is 4.74 Å². The number of hydrogen-bond acceptors (Lipinski definition) is 3. The van der Waals surface area contributed by atoms with E-state index in [-0.39, 0.29) is 23.8 Å².